The zero-order chi connectivity index (χ0) is 24.7. The van der Waals surface area contributed by atoms with Gasteiger partial charge in [-0.05, 0) is 61.0 Å². The smallest absolute Gasteiger partial charge is 0.255 e. The van der Waals surface area contributed by atoms with E-state index in [1.54, 1.807) is 60.7 Å². The first-order valence-electron chi connectivity index (χ1n) is 10.2. The first-order valence-corrected chi connectivity index (χ1v) is 12.0. The second-order valence-electron chi connectivity index (χ2n) is 7.45. The molecule has 0 aromatic heterocycles. The Bertz CT molecular complexity index is 1310. The highest BCUT2D eigenvalue weighted by atomic mass is 35.5. The van der Waals surface area contributed by atoms with Crippen molar-refractivity contribution in [2.45, 2.75) is 11.8 Å². The third kappa shape index (κ3) is 6.74. The molecule has 8 nitrogen and oxygen atoms in total. The number of benzene rings is 3. The quantitative estimate of drug-likeness (QED) is 0.365. The minimum atomic E-state index is -3.80. The van der Waals surface area contributed by atoms with Gasteiger partial charge < -0.3 is 5.32 Å². The number of aryl methyl sites for hydroxylation is 1. The van der Waals surface area contributed by atoms with Gasteiger partial charge in [0, 0.05) is 23.3 Å². The van der Waals surface area contributed by atoms with Crippen LogP contribution in [0.4, 0.5) is 5.69 Å². The maximum atomic E-state index is 12.6. The molecule has 0 aliphatic carbocycles. The van der Waals surface area contributed by atoms with Crippen LogP contribution < -0.4 is 10.7 Å². The van der Waals surface area contributed by atoms with Crippen LogP contribution in [0.2, 0.25) is 5.02 Å². The number of carbonyl (C=O) groups is 2. The molecular formula is C24H23ClN4O4S. The molecule has 0 bridgehead atoms. The van der Waals surface area contributed by atoms with Crippen molar-refractivity contribution in [3.63, 3.8) is 0 Å². The monoisotopic (exact) mass is 498 g/mol. The lowest BCUT2D eigenvalue weighted by Crippen LogP contribution is -2.36. The number of carbonyl (C=O) groups excluding carboxylic acids is 2. The molecule has 0 aliphatic heterocycles. The number of halogens is 1. The first kappa shape index (κ1) is 25.1. The van der Waals surface area contributed by atoms with Gasteiger partial charge in [0.05, 0.1) is 17.7 Å². The second-order valence-corrected chi connectivity index (χ2v) is 9.94. The van der Waals surface area contributed by atoms with Crippen LogP contribution in [0.3, 0.4) is 0 Å². The molecule has 2 amide bonds. The van der Waals surface area contributed by atoms with E-state index < -0.39 is 22.5 Å². The summed E-state index contributed by atoms with van der Waals surface area (Å²) in [6.45, 7) is 1.46. The minimum absolute atomic E-state index is 0.106. The summed E-state index contributed by atoms with van der Waals surface area (Å²) >= 11 is 5.84. The molecule has 34 heavy (non-hydrogen) atoms. The van der Waals surface area contributed by atoms with E-state index in [4.69, 9.17) is 11.6 Å². The number of rotatable bonds is 8. The van der Waals surface area contributed by atoms with Crippen molar-refractivity contribution < 1.29 is 18.0 Å². The van der Waals surface area contributed by atoms with E-state index >= 15 is 0 Å². The van der Waals surface area contributed by atoms with Gasteiger partial charge in [-0.2, -0.15) is 9.41 Å². The number of hydrazone groups is 1. The van der Waals surface area contributed by atoms with Crippen LogP contribution in [0, 0.1) is 6.92 Å². The highest BCUT2D eigenvalue weighted by Gasteiger charge is 2.22. The zero-order valence-electron chi connectivity index (χ0n) is 18.5. The van der Waals surface area contributed by atoms with Crippen LogP contribution in [0.25, 0.3) is 0 Å². The molecule has 176 valence electrons. The summed E-state index contributed by atoms with van der Waals surface area (Å²) in [6.07, 6.45) is 1.39. The van der Waals surface area contributed by atoms with Crippen molar-refractivity contribution >= 4 is 45.3 Å². The van der Waals surface area contributed by atoms with Gasteiger partial charge in [-0.25, -0.2) is 13.8 Å². The van der Waals surface area contributed by atoms with E-state index in [1.165, 1.54) is 25.4 Å². The third-order valence-corrected chi connectivity index (χ3v) is 6.82. The maximum absolute atomic E-state index is 12.6. The lowest BCUT2D eigenvalue weighted by atomic mass is 10.2. The van der Waals surface area contributed by atoms with Crippen LogP contribution in [-0.4, -0.2) is 44.3 Å². The average Bonchev–Trinajstić information content (AvgIpc) is 2.80. The van der Waals surface area contributed by atoms with E-state index in [0.717, 1.165) is 9.87 Å². The number of nitrogens with zero attached hydrogens (tertiary/aromatic N) is 2. The average molecular weight is 499 g/mol. The van der Waals surface area contributed by atoms with Crippen molar-refractivity contribution in [2.75, 3.05) is 18.9 Å². The van der Waals surface area contributed by atoms with E-state index in [0.29, 0.717) is 21.8 Å². The standard InChI is InChI=1S/C24H23ClN4O4S/c1-17-6-12-22(13-7-17)34(32,33)29(2)16-23(30)28-26-15-18-4-3-5-21(14-18)27-24(31)19-8-10-20(25)11-9-19/h3-15H,16H2,1-2H3,(H,27,31)(H,28,30)/b26-15+. The fourth-order valence-electron chi connectivity index (χ4n) is 2.89. The van der Waals surface area contributed by atoms with Gasteiger partial charge in [-0.3, -0.25) is 9.59 Å². The number of hydrogen-bond donors (Lipinski definition) is 2. The van der Waals surface area contributed by atoms with Crippen LogP contribution in [0.1, 0.15) is 21.5 Å². The van der Waals surface area contributed by atoms with Gasteiger partial charge in [0.1, 0.15) is 0 Å². The predicted molar refractivity (Wildman–Crippen MR) is 133 cm³/mol. The Kier molecular flexibility index (Phi) is 8.17. The Labute approximate surface area is 203 Å². The molecule has 0 unspecified atom stereocenters. The molecule has 0 heterocycles. The van der Waals surface area contributed by atoms with Gasteiger partial charge in [0.25, 0.3) is 11.8 Å². The van der Waals surface area contributed by atoms with Crippen LogP contribution >= 0.6 is 11.6 Å². The summed E-state index contributed by atoms with van der Waals surface area (Å²) in [5.41, 5.74) is 4.86. The van der Waals surface area contributed by atoms with E-state index in [1.807, 2.05) is 6.92 Å². The summed E-state index contributed by atoms with van der Waals surface area (Å²) in [5.74, 6) is -0.890. The molecule has 2 N–H and O–H groups in total. The van der Waals surface area contributed by atoms with E-state index in [2.05, 4.69) is 15.8 Å². The topological polar surface area (TPSA) is 108 Å². The van der Waals surface area contributed by atoms with Gasteiger partial charge in [-0.1, -0.05) is 41.4 Å². The second kappa shape index (κ2) is 11.1. The largest absolute Gasteiger partial charge is 0.322 e. The molecule has 0 fully saturated rings. The first-order chi connectivity index (χ1) is 16.1. The highest BCUT2D eigenvalue weighted by Crippen LogP contribution is 2.15. The Morgan fingerprint density at radius 3 is 2.38 bits per heavy atom. The summed E-state index contributed by atoms with van der Waals surface area (Å²) in [6, 6.07) is 19.7. The number of hydrogen-bond acceptors (Lipinski definition) is 5. The zero-order valence-corrected chi connectivity index (χ0v) is 20.1. The fourth-order valence-corrected chi connectivity index (χ4v) is 4.15. The minimum Gasteiger partial charge on any atom is -0.322 e. The molecule has 0 saturated heterocycles. The number of nitrogens with one attached hydrogen (secondary N) is 2. The fraction of sp³-hybridized carbons (Fsp3) is 0.125. The lowest BCUT2D eigenvalue weighted by Gasteiger charge is -2.16. The van der Waals surface area contributed by atoms with Gasteiger partial charge in [-0.15, -0.1) is 0 Å². The predicted octanol–water partition coefficient (Wildman–Crippen LogP) is 3.67. The van der Waals surface area contributed by atoms with Crippen molar-refractivity contribution in [3.05, 3.63) is 94.5 Å². The number of anilines is 1. The summed E-state index contributed by atoms with van der Waals surface area (Å²) in [7, 11) is -2.47. The number of likely N-dealkylation sites (N-methyl/N-ethyl adjacent to an activating group) is 1. The Morgan fingerprint density at radius 2 is 1.71 bits per heavy atom. The van der Waals surface area contributed by atoms with Gasteiger partial charge in [0.15, 0.2) is 0 Å². The van der Waals surface area contributed by atoms with Crippen molar-refractivity contribution in [1.82, 2.24) is 9.73 Å². The molecular weight excluding hydrogens is 476 g/mol. The SMILES string of the molecule is Cc1ccc(S(=O)(=O)N(C)CC(=O)N/N=C/c2cccc(NC(=O)c3ccc(Cl)cc3)c2)cc1. The number of sulfonamides is 1. The maximum Gasteiger partial charge on any atom is 0.255 e. The van der Waals surface area contributed by atoms with E-state index in [-0.39, 0.29) is 10.8 Å². The summed E-state index contributed by atoms with van der Waals surface area (Å²) in [5, 5.41) is 7.19. The van der Waals surface area contributed by atoms with Gasteiger partial charge >= 0.3 is 0 Å². The van der Waals surface area contributed by atoms with Crippen LogP contribution in [0.5, 0.6) is 0 Å². The van der Waals surface area contributed by atoms with Crippen molar-refractivity contribution in [2.24, 2.45) is 5.10 Å². The highest BCUT2D eigenvalue weighted by molar-refractivity contribution is 7.89. The molecule has 0 spiro atoms. The summed E-state index contributed by atoms with van der Waals surface area (Å²) < 4.78 is 26.1. The van der Waals surface area contributed by atoms with Crippen molar-refractivity contribution in [3.8, 4) is 0 Å². The molecule has 10 heteroatoms. The lowest BCUT2D eigenvalue weighted by molar-refractivity contribution is -0.121. The van der Waals surface area contributed by atoms with Gasteiger partial charge in [0.2, 0.25) is 10.0 Å². The van der Waals surface area contributed by atoms with Crippen LogP contribution in [-0.2, 0) is 14.8 Å². The summed E-state index contributed by atoms with van der Waals surface area (Å²) in [4.78, 5) is 24.6. The number of amides is 2. The molecule has 3 aromatic carbocycles. The Hall–Kier alpha value is -3.53. The Balaban J connectivity index is 1.56. The molecule has 0 aliphatic rings. The molecule has 0 saturated carbocycles. The third-order valence-electron chi connectivity index (χ3n) is 4.75. The Morgan fingerprint density at radius 1 is 1.03 bits per heavy atom. The molecule has 3 aromatic rings. The van der Waals surface area contributed by atoms with Crippen molar-refractivity contribution in [1.29, 1.82) is 0 Å². The van der Waals surface area contributed by atoms with E-state index in [9.17, 15) is 18.0 Å². The van der Waals surface area contributed by atoms with Crippen LogP contribution in [0.15, 0.2) is 82.8 Å². The molecule has 0 radical (unpaired) electrons. The normalized spacial score (nSPS) is 11.5. The molecule has 0 atom stereocenters. The molecule has 3 rings (SSSR count).